The predicted octanol–water partition coefficient (Wildman–Crippen LogP) is 3.03. The Morgan fingerprint density at radius 2 is 1.68 bits per heavy atom. The van der Waals surface area contributed by atoms with E-state index >= 15 is 0 Å². The quantitative estimate of drug-likeness (QED) is 0.435. The number of hydrogen-bond acceptors (Lipinski definition) is 6. The minimum Gasteiger partial charge on any atom is -0.482 e. The lowest BCUT2D eigenvalue weighted by atomic mass is 10.2. The van der Waals surface area contributed by atoms with Crippen LogP contribution in [0.2, 0.25) is 0 Å². The minimum absolute atomic E-state index is 0.140. The molecule has 0 aliphatic heterocycles. The Labute approximate surface area is 165 Å². The van der Waals surface area contributed by atoms with Crippen LogP contribution in [0, 0.1) is 6.92 Å². The van der Waals surface area contributed by atoms with Crippen molar-refractivity contribution in [2.24, 2.45) is 5.10 Å². The van der Waals surface area contributed by atoms with Gasteiger partial charge in [-0.05, 0) is 69.7 Å². The van der Waals surface area contributed by atoms with E-state index in [0.717, 1.165) is 5.56 Å². The standard InChI is InChI=1S/C20H24N2O5S/c1-15-5-11-18(12-6-15)28(24,25)22-21-13-16-7-9-17(10-8-16)26-14-19(23)27-20(2,3)4/h5-13,22H,14H2,1-4H3/b21-13+. The van der Waals surface area contributed by atoms with E-state index in [2.05, 4.69) is 9.93 Å². The van der Waals surface area contributed by atoms with E-state index in [1.807, 2.05) is 6.92 Å². The first-order valence-corrected chi connectivity index (χ1v) is 10.1. The number of nitrogens with zero attached hydrogens (tertiary/aromatic N) is 1. The Morgan fingerprint density at radius 1 is 1.07 bits per heavy atom. The zero-order chi connectivity index (χ0) is 20.8. The smallest absolute Gasteiger partial charge is 0.344 e. The molecule has 0 aliphatic carbocycles. The van der Waals surface area contributed by atoms with Crippen molar-refractivity contribution in [1.82, 2.24) is 4.83 Å². The maximum Gasteiger partial charge on any atom is 0.344 e. The third-order valence-corrected chi connectivity index (χ3v) is 4.61. The van der Waals surface area contributed by atoms with Gasteiger partial charge in [0.15, 0.2) is 6.61 Å². The highest BCUT2D eigenvalue weighted by Crippen LogP contribution is 2.13. The number of carbonyl (C=O) groups is 1. The molecule has 0 heterocycles. The summed E-state index contributed by atoms with van der Waals surface area (Å²) in [7, 11) is -3.71. The van der Waals surface area contributed by atoms with E-state index in [-0.39, 0.29) is 11.5 Å². The number of hydrogen-bond donors (Lipinski definition) is 1. The van der Waals surface area contributed by atoms with Crippen molar-refractivity contribution in [3.8, 4) is 5.75 Å². The Bertz CT molecular complexity index is 928. The number of rotatable bonds is 7. The Hall–Kier alpha value is -2.87. The molecule has 0 radical (unpaired) electrons. The first kappa shape index (κ1) is 21.4. The summed E-state index contributed by atoms with van der Waals surface area (Å²) in [6.07, 6.45) is 1.38. The van der Waals surface area contributed by atoms with Crippen molar-refractivity contribution in [2.75, 3.05) is 6.61 Å². The van der Waals surface area contributed by atoms with Crippen LogP contribution >= 0.6 is 0 Å². The Kier molecular flexibility index (Phi) is 6.80. The van der Waals surface area contributed by atoms with Gasteiger partial charge in [-0.3, -0.25) is 0 Å². The second-order valence-corrected chi connectivity index (χ2v) is 8.77. The van der Waals surface area contributed by atoms with Gasteiger partial charge in [0.2, 0.25) is 0 Å². The molecule has 28 heavy (non-hydrogen) atoms. The summed E-state index contributed by atoms with van der Waals surface area (Å²) in [5.41, 5.74) is 1.07. The second-order valence-electron chi connectivity index (χ2n) is 7.11. The first-order valence-electron chi connectivity index (χ1n) is 8.61. The van der Waals surface area contributed by atoms with Crippen LogP contribution in [0.1, 0.15) is 31.9 Å². The van der Waals surface area contributed by atoms with E-state index in [4.69, 9.17) is 9.47 Å². The van der Waals surface area contributed by atoms with Crippen molar-refractivity contribution < 1.29 is 22.7 Å². The van der Waals surface area contributed by atoms with E-state index < -0.39 is 21.6 Å². The van der Waals surface area contributed by atoms with Gasteiger partial charge in [-0.25, -0.2) is 9.63 Å². The molecule has 0 aliphatic rings. The van der Waals surface area contributed by atoms with Crippen LogP contribution in [0.3, 0.4) is 0 Å². The average molecular weight is 404 g/mol. The summed E-state index contributed by atoms with van der Waals surface area (Å²) in [5, 5.41) is 3.78. The van der Waals surface area contributed by atoms with E-state index in [9.17, 15) is 13.2 Å². The molecule has 7 nitrogen and oxygen atoms in total. The fourth-order valence-corrected chi connectivity index (χ4v) is 2.90. The highest BCUT2D eigenvalue weighted by molar-refractivity contribution is 7.89. The topological polar surface area (TPSA) is 94.1 Å². The lowest BCUT2D eigenvalue weighted by Crippen LogP contribution is -2.27. The van der Waals surface area contributed by atoms with Gasteiger partial charge in [0.05, 0.1) is 11.1 Å². The number of aryl methyl sites for hydroxylation is 1. The highest BCUT2D eigenvalue weighted by atomic mass is 32.2. The van der Waals surface area contributed by atoms with Crippen LogP contribution in [-0.2, 0) is 19.6 Å². The van der Waals surface area contributed by atoms with Gasteiger partial charge in [0.1, 0.15) is 11.4 Å². The third-order valence-electron chi connectivity index (χ3n) is 3.37. The number of ether oxygens (including phenoxy) is 2. The fourth-order valence-electron chi connectivity index (χ4n) is 2.10. The van der Waals surface area contributed by atoms with E-state index in [1.54, 1.807) is 57.2 Å². The molecule has 2 aromatic carbocycles. The van der Waals surface area contributed by atoms with Crippen molar-refractivity contribution in [3.05, 3.63) is 59.7 Å². The first-order chi connectivity index (χ1) is 13.0. The number of sulfonamides is 1. The van der Waals surface area contributed by atoms with Crippen molar-refractivity contribution in [2.45, 2.75) is 38.2 Å². The molecule has 8 heteroatoms. The number of nitrogens with one attached hydrogen (secondary N) is 1. The lowest BCUT2D eigenvalue weighted by molar-refractivity contribution is -0.157. The molecule has 2 rings (SSSR count). The minimum atomic E-state index is -3.71. The molecular weight excluding hydrogens is 380 g/mol. The van der Waals surface area contributed by atoms with Gasteiger partial charge >= 0.3 is 5.97 Å². The highest BCUT2D eigenvalue weighted by Gasteiger charge is 2.16. The molecule has 0 saturated heterocycles. The molecule has 0 fully saturated rings. The molecule has 0 atom stereocenters. The van der Waals surface area contributed by atoms with Gasteiger partial charge < -0.3 is 9.47 Å². The van der Waals surface area contributed by atoms with Gasteiger partial charge in [-0.15, -0.1) is 0 Å². The van der Waals surface area contributed by atoms with Crippen LogP contribution < -0.4 is 9.57 Å². The maximum absolute atomic E-state index is 12.1. The number of carbonyl (C=O) groups excluding carboxylic acids is 1. The van der Waals surface area contributed by atoms with Crippen molar-refractivity contribution >= 4 is 22.2 Å². The average Bonchev–Trinajstić information content (AvgIpc) is 2.60. The lowest BCUT2D eigenvalue weighted by Gasteiger charge is -2.19. The fraction of sp³-hybridized carbons (Fsp3) is 0.300. The van der Waals surface area contributed by atoms with Gasteiger partial charge in [-0.1, -0.05) is 17.7 Å². The summed E-state index contributed by atoms with van der Waals surface area (Å²) < 4.78 is 34.8. The Balaban J connectivity index is 1.89. The largest absolute Gasteiger partial charge is 0.482 e. The van der Waals surface area contributed by atoms with Crippen molar-refractivity contribution in [3.63, 3.8) is 0 Å². The molecule has 0 amide bonds. The van der Waals surface area contributed by atoms with Crippen LogP contribution in [0.15, 0.2) is 58.5 Å². The molecule has 0 saturated carbocycles. The second kappa shape index (κ2) is 8.88. The normalized spacial score (nSPS) is 12.0. The zero-order valence-electron chi connectivity index (χ0n) is 16.3. The summed E-state index contributed by atoms with van der Waals surface area (Å²) in [4.78, 5) is 13.9. The molecule has 150 valence electrons. The van der Waals surface area contributed by atoms with E-state index in [1.165, 1.54) is 18.3 Å². The van der Waals surface area contributed by atoms with Crippen LogP contribution in [0.25, 0.3) is 0 Å². The molecule has 0 bridgehead atoms. The number of esters is 1. The molecule has 0 spiro atoms. The maximum atomic E-state index is 12.1. The molecule has 2 aromatic rings. The predicted molar refractivity (Wildman–Crippen MR) is 107 cm³/mol. The number of benzene rings is 2. The summed E-state index contributed by atoms with van der Waals surface area (Å²) in [5.74, 6) is 0.0342. The number of hydrazone groups is 1. The van der Waals surface area contributed by atoms with Gasteiger partial charge in [0.25, 0.3) is 10.0 Å². The molecule has 0 unspecified atom stereocenters. The Morgan fingerprint density at radius 3 is 2.25 bits per heavy atom. The van der Waals surface area contributed by atoms with Crippen LogP contribution in [0.5, 0.6) is 5.75 Å². The molecule has 1 N–H and O–H groups in total. The SMILES string of the molecule is Cc1ccc(S(=O)(=O)N/N=C/c2ccc(OCC(=O)OC(C)(C)C)cc2)cc1. The zero-order valence-corrected chi connectivity index (χ0v) is 17.1. The van der Waals surface area contributed by atoms with Crippen LogP contribution in [0.4, 0.5) is 0 Å². The summed E-state index contributed by atoms with van der Waals surface area (Å²) in [6, 6.07) is 13.2. The van der Waals surface area contributed by atoms with E-state index in [0.29, 0.717) is 11.3 Å². The van der Waals surface area contributed by atoms with Crippen molar-refractivity contribution in [1.29, 1.82) is 0 Å². The molecule has 0 aromatic heterocycles. The van der Waals surface area contributed by atoms with Gasteiger partial charge in [0, 0.05) is 0 Å². The molecular formula is C20H24N2O5S. The summed E-state index contributed by atoms with van der Waals surface area (Å²) >= 11 is 0. The van der Waals surface area contributed by atoms with Gasteiger partial charge in [-0.2, -0.15) is 13.5 Å². The third kappa shape index (κ3) is 7.03. The summed E-state index contributed by atoms with van der Waals surface area (Å²) in [6.45, 7) is 7.04. The van der Waals surface area contributed by atoms with Crippen LogP contribution in [-0.4, -0.2) is 32.8 Å². The monoisotopic (exact) mass is 404 g/mol.